The summed E-state index contributed by atoms with van der Waals surface area (Å²) in [5.74, 6) is 0. The summed E-state index contributed by atoms with van der Waals surface area (Å²) >= 11 is 1.83. The topological polar surface area (TPSA) is 37.8 Å². The van der Waals surface area contributed by atoms with E-state index in [1.165, 1.54) is 42.1 Å². The van der Waals surface area contributed by atoms with Gasteiger partial charge in [-0.3, -0.25) is 0 Å². The van der Waals surface area contributed by atoms with Gasteiger partial charge in [0.25, 0.3) is 0 Å². The van der Waals surface area contributed by atoms with Crippen molar-refractivity contribution in [3.05, 3.63) is 10.0 Å². The van der Waals surface area contributed by atoms with Crippen LogP contribution in [0.15, 0.2) is 0 Å². The van der Waals surface area contributed by atoms with Crippen molar-refractivity contribution in [3.63, 3.8) is 0 Å². The summed E-state index contributed by atoms with van der Waals surface area (Å²) in [5, 5.41) is 14.9. The maximum atomic E-state index is 4.48. The van der Waals surface area contributed by atoms with E-state index < -0.39 is 0 Å². The highest BCUT2D eigenvalue weighted by Gasteiger charge is 2.34. The lowest BCUT2D eigenvalue weighted by atomic mass is 9.90. The number of rotatable bonds is 6. The minimum atomic E-state index is 0.305. The summed E-state index contributed by atoms with van der Waals surface area (Å²) in [6.07, 6.45) is 7.50. The predicted molar refractivity (Wildman–Crippen MR) is 77.1 cm³/mol. The zero-order valence-corrected chi connectivity index (χ0v) is 12.6. The third kappa shape index (κ3) is 2.91. The molecule has 1 heterocycles. The van der Waals surface area contributed by atoms with E-state index in [0.717, 1.165) is 13.0 Å². The van der Waals surface area contributed by atoms with Gasteiger partial charge in [0, 0.05) is 5.41 Å². The molecule has 1 N–H and O–H groups in total. The van der Waals surface area contributed by atoms with Gasteiger partial charge < -0.3 is 5.32 Å². The van der Waals surface area contributed by atoms with Crippen molar-refractivity contribution in [2.24, 2.45) is 0 Å². The number of hydrogen-bond donors (Lipinski definition) is 1. The minimum Gasteiger partial charge on any atom is -0.308 e. The Labute approximate surface area is 114 Å². The Morgan fingerprint density at radius 2 is 2.00 bits per heavy atom. The lowest BCUT2D eigenvalue weighted by molar-refractivity contribution is 0.482. The Hall–Kier alpha value is -0.480. The molecule has 1 atom stereocenters. The second kappa shape index (κ2) is 6.11. The van der Waals surface area contributed by atoms with Gasteiger partial charge >= 0.3 is 0 Å². The van der Waals surface area contributed by atoms with Crippen molar-refractivity contribution in [3.8, 4) is 0 Å². The Morgan fingerprint density at radius 1 is 1.28 bits per heavy atom. The smallest absolute Gasteiger partial charge is 0.134 e. The molecule has 3 nitrogen and oxygen atoms in total. The normalized spacial score (nSPS) is 20.2. The summed E-state index contributed by atoms with van der Waals surface area (Å²) in [6.45, 7) is 7.83. The molecular weight excluding hydrogens is 242 g/mol. The number of nitrogens with zero attached hydrogens (tertiary/aromatic N) is 2. The highest BCUT2D eigenvalue weighted by atomic mass is 32.1. The van der Waals surface area contributed by atoms with Crippen LogP contribution in [-0.4, -0.2) is 16.7 Å². The number of hydrogen-bond acceptors (Lipinski definition) is 4. The fourth-order valence-corrected chi connectivity index (χ4v) is 3.92. The first kappa shape index (κ1) is 13.9. The fourth-order valence-electron chi connectivity index (χ4n) is 2.71. The lowest BCUT2D eigenvalue weighted by Gasteiger charge is -2.19. The molecule has 1 aliphatic carbocycles. The molecule has 0 spiro atoms. The van der Waals surface area contributed by atoms with Gasteiger partial charge in [0.05, 0.1) is 6.04 Å². The summed E-state index contributed by atoms with van der Waals surface area (Å²) < 4.78 is 0. The van der Waals surface area contributed by atoms with Gasteiger partial charge in [0.15, 0.2) is 0 Å². The van der Waals surface area contributed by atoms with Crippen LogP contribution >= 0.6 is 11.3 Å². The minimum absolute atomic E-state index is 0.305. The zero-order valence-electron chi connectivity index (χ0n) is 11.8. The molecule has 1 fully saturated rings. The van der Waals surface area contributed by atoms with Crippen molar-refractivity contribution in [1.29, 1.82) is 0 Å². The van der Waals surface area contributed by atoms with Crippen molar-refractivity contribution in [2.75, 3.05) is 6.54 Å². The van der Waals surface area contributed by atoms with Gasteiger partial charge in [-0.05, 0) is 32.2 Å². The van der Waals surface area contributed by atoms with Crippen LogP contribution in [0.1, 0.15) is 75.4 Å². The molecule has 0 bridgehead atoms. The van der Waals surface area contributed by atoms with Gasteiger partial charge in [0.2, 0.25) is 0 Å². The Morgan fingerprint density at radius 3 is 2.61 bits per heavy atom. The molecule has 0 aliphatic heterocycles. The quantitative estimate of drug-likeness (QED) is 0.851. The fraction of sp³-hybridized carbons (Fsp3) is 0.857. The molecule has 2 rings (SSSR count). The van der Waals surface area contributed by atoms with Gasteiger partial charge in [-0.2, -0.15) is 0 Å². The van der Waals surface area contributed by atoms with Crippen LogP contribution in [0.2, 0.25) is 0 Å². The Balaban J connectivity index is 2.08. The predicted octanol–water partition coefficient (Wildman–Crippen LogP) is 3.82. The zero-order chi connectivity index (χ0) is 13.0. The largest absolute Gasteiger partial charge is 0.308 e. The Bertz CT molecular complexity index is 369. The molecule has 0 amide bonds. The van der Waals surface area contributed by atoms with Crippen LogP contribution in [0.3, 0.4) is 0 Å². The molecule has 18 heavy (non-hydrogen) atoms. The van der Waals surface area contributed by atoms with E-state index in [0.29, 0.717) is 11.5 Å². The Kier molecular flexibility index (Phi) is 4.73. The summed E-state index contributed by atoms with van der Waals surface area (Å²) in [7, 11) is 0. The van der Waals surface area contributed by atoms with Crippen molar-refractivity contribution in [1.82, 2.24) is 15.5 Å². The third-order valence-corrected chi connectivity index (χ3v) is 5.35. The average Bonchev–Trinajstić information content (AvgIpc) is 3.00. The van der Waals surface area contributed by atoms with Crippen LogP contribution < -0.4 is 5.32 Å². The van der Waals surface area contributed by atoms with E-state index in [1.807, 2.05) is 11.3 Å². The molecule has 0 radical (unpaired) electrons. The van der Waals surface area contributed by atoms with E-state index in [-0.39, 0.29) is 0 Å². The lowest BCUT2D eigenvalue weighted by Crippen LogP contribution is -2.21. The molecule has 0 aromatic carbocycles. The molecule has 1 aliphatic rings. The van der Waals surface area contributed by atoms with Crippen LogP contribution in [0, 0.1) is 0 Å². The first-order chi connectivity index (χ1) is 8.69. The van der Waals surface area contributed by atoms with Gasteiger partial charge in [0.1, 0.15) is 10.0 Å². The van der Waals surface area contributed by atoms with E-state index in [9.17, 15) is 0 Å². The van der Waals surface area contributed by atoms with Gasteiger partial charge in [-0.25, -0.2) is 0 Å². The highest BCUT2D eigenvalue weighted by Crippen LogP contribution is 2.42. The van der Waals surface area contributed by atoms with E-state index in [4.69, 9.17) is 0 Å². The second-order valence-electron chi connectivity index (χ2n) is 5.63. The number of nitrogens with one attached hydrogen (secondary N) is 1. The van der Waals surface area contributed by atoms with E-state index in [2.05, 4.69) is 36.3 Å². The van der Waals surface area contributed by atoms with Crippen molar-refractivity contribution >= 4 is 11.3 Å². The molecule has 4 heteroatoms. The first-order valence-electron chi connectivity index (χ1n) is 7.27. The molecule has 1 aromatic heterocycles. The monoisotopic (exact) mass is 267 g/mol. The maximum Gasteiger partial charge on any atom is 0.134 e. The van der Waals surface area contributed by atoms with E-state index >= 15 is 0 Å². The maximum absolute atomic E-state index is 4.48. The molecule has 102 valence electrons. The highest BCUT2D eigenvalue weighted by molar-refractivity contribution is 7.11. The second-order valence-corrected chi connectivity index (χ2v) is 6.64. The van der Waals surface area contributed by atoms with Crippen molar-refractivity contribution < 1.29 is 0 Å². The summed E-state index contributed by atoms with van der Waals surface area (Å²) in [6, 6.07) is 0.390. The van der Waals surface area contributed by atoms with Crippen LogP contribution in [0.4, 0.5) is 0 Å². The SMILES string of the molecule is CCCNC(CC)c1nnc(C2(C)CCCC2)s1. The van der Waals surface area contributed by atoms with Crippen LogP contribution in [-0.2, 0) is 5.41 Å². The van der Waals surface area contributed by atoms with Crippen LogP contribution in [0.5, 0.6) is 0 Å². The van der Waals surface area contributed by atoms with Gasteiger partial charge in [-0.15, -0.1) is 10.2 Å². The standard InChI is InChI=1S/C14H25N3S/c1-4-10-15-11(5-2)12-16-17-13(18-12)14(3)8-6-7-9-14/h11,15H,4-10H2,1-3H3. The first-order valence-corrected chi connectivity index (χ1v) is 8.08. The van der Waals surface area contributed by atoms with E-state index in [1.54, 1.807) is 0 Å². The number of aromatic nitrogens is 2. The summed E-state index contributed by atoms with van der Waals surface area (Å²) in [5.41, 5.74) is 0.305. The van der Waals surface area contributed by atoms with Crippen molar-refractivity contribution in [2.45, 2.75) is 70.8 Å². The summed E-state index contributed by atoms with van der Waals surface area (Å²) in [4.78, 5) is 0. The molecule has 1 aromatic rings. The van der Waals surface area contributed by atoms with Gasteiger partial charge in [-0.1, -0.05) is 44.9 Å². The molecular formula is C14H25N3S. The molecule has 1 unspecified atom stereocenters. The average molecular weight is 267 g/mol. The molecule has 1 saturated carbocycles. The van der Waals surface area contributed by atoms with Crippen LogP contribution in [0.25, 0.3) is 0 Å². The molecule has 0 saturated heterocycles. The third-order valence-electron chi connectivity index (χ3n) is 4.01.